The van der Waals surface area contributed by atoms with Crippen LogP contribution in [-0.4, -0.2) is 13.2 Å². The number of hydrogen-bond donors (Lipinski definition) is 1. The lowest BCUT2D eigenvalue weighted by atomic mass is 10.1. The van der Waals surface area contributed by atoms with Gasteiger partial charge in [0.05, 0.1) is 0 Å². The maximum absolute atomic E-state index is 6.05. The lowest BCUT2D eigenvalue weighted by Gasteiger charge is -2.18. The number of ether oxygens (including phenoxy) is 1. The van der Waals surface area contributed by atoms with Crippen molar-refractivity contribution in [3.8, 4) is 5.75 Å². The predicted octanol–water partition coefficient (Wildman–Crippen LogP) is 4.69. The third kappa shape index (κ3) is 5.01. The number of benzene rings is 1. The number of hydrogen-bond acceptors (Lipinski definition) is 2. The first-order valence-electron chi connectivity index (χ1n) is 6.03. The highest BCUT2D eigenvalue weighted by Gasteiger charge is 2.12. The third-order valence-corrected chi connectivity index (χ3v) is 2.99. The molecule has 1 aromatic carbocycles. The van der Waals surface area contributed by atoms with E-state index in [1.807, 2.05) is 18.2 Å². The summed E-state index contributed by atoms with van der Waals surface area (Å²) >= 11 is 9.34. The maximum Gasteiger partial charge on any atom is 0.124 e. The average Bonchev–Trinajstić information content (AvgIpc) is 2.34. The molecule has 0 aliphatic carbocycles. The fourth-order valence-electron chi connectivity index (χ4n) is 1.62. The van der Waals surface area contributed by atoms with E-state index >= 15 is 0 Å². The molecule has 0 spiro atoms. The Hall–Kier alpha value is -0.510. The Morgan fingerprint density at radius 3 is 2.89 bits per heavy atom. The van der Waals surface area contributed by atoms with Gasteiger partial charge in [0.2, 0.25) is 0 Å². The van der Waals surface area contributed by atoms with Crippen molar-refractivity contribution in [2.24, 2.45) is 0 Å². The highest BCUT2D eigenvalue weighted by molar-refractivity contribution is 9.11. The van der Waals surface area contributed by atoms with E-state index in [-0.39, 0.29) is 6.04 Å². The van der Waals surface area contributed by atoms with Gasteiger partial charge in [-0.3, -0.25) is 0 Å². The van der Waals surface area contributed by atoms with Gasteiger partial charge >= 0.3 is 0 Å². The van der Waals surface area contributed by atoms with Gasteiger partial charge in [0, 0.05) is 21.1 Å². The van der Waals surface area contributed by atoms with Crippen LogP contribution in [0, 0.1) is 0 Å². The third-order valence-electron chi connectivity index (χ3n) is 2.52. The van der Waals surface area contributed by atoms with Gasteiger partial charge in [-0.2, -0.15) is 0 Å². The van der Waals surface area contributed by atoms with E-state index in [0.717, 1.165) is 33.8 Å². The molecule has 0 aliphatic heterocycles. The second-order valence-electron chi connectivity index (χ2n) is 4.16. The summed E-state index contributed by atoms with van der Waals surface area (Å²) < 4.78 is 6.53. The van der Waals surface area contributed by atoms with Crippen LogP contribution in [-0.2, 0) is 0 Å². The van der Waals surface area contributed by atoms with Crippen LogP contribution in [0.25, 0.3) is 0 Å². The zero-order chi connectivity index (χ0) is 13.5. The van der Waals surface area contributed by atoms with Crippen LogP contribution in [0.4, 0.5) is 0 Å². The summed E-state index contributed by atoms with van der Waals surface area (Å²) in [5.41, 5.74) is 1.07. The Labute approximate surface area is 122 Å². The molecule has 2 nitrogen and oxygen atoms in total. The van der Waals surface area contributed by atoms with Gasteiger partial charge < -0.3 is 10.1 Å². The molecule has 1 atom stereocenters. The standard InChI is InChI=1S/C14H19BrClNO/c1-4-7-17-11(3)13-8-12(16)5-6-14(13)18-9-10(2)15/h5-6,8,11,17H,2,4,7,9H2,1,3H3. The summed E-state index contributed by atoms with van der Waals surface area (Å²) in [5.74, 6) is 0.844. The Morgan fingerprint density at radius 1 is 1.56 bits per heavy atom. The summed E-state index contributed by atoms with van der Waals surface area (Å²) in [7, 11) is 0. The Kier molecular flexibility index (Phi) is 6.76. The molecule has 0 amide bonds. The van der Waals surface area contributed by atoms with Crippen molar-refractivity contribution < 1.29 is 4.74 Å². The largest absolute Gasteiger partial charge is 0.488 e. The first-order valence-corrected chi connectivity index (χ1v) is 7.20. The van der Waals surface area contributed by atoms with E-state index in [4.69, 9.17) is 16.3 Å². The van der Waals surface area contributed by atoms with E-state index in [1.54, 1.807) is 0 Å². The molecule has 1 rings (SSSR count). The first-order chi connectivity index (χ1) is 8.54. The van der Waals surface area contributed by atoms with Crippen molar-refractivity contribution in [2.45, 2.75) is 26.3 Å². The maximum atomic E-state index is 6.05. The van der Waals surface area contributed by atoms with Crippen LogP contribution < -0.4 is 10.1 Å². The molecule has 0 bridgehead atoms. The minimum absolute atomic E-state index is 0.210. The Balaban J connectivity index is 2.84. The Bertz CT molecular complexity index is 409. The zero-order valence-electron chi connectivity index (χ0n) is 10.8. The van der Waals surface area contributed by atoms with E-state index in [0.29, 0.717) is 6.61 Å². The smallest absolute Gasteiger partial charge is 0.124 e. The van der Waals surface area contributed by atoms with E-state index in [1.165, 1.54) is 0 Å². The number of nitrogens with one attached hydrogen (secondary N) is 1. The monoisotopic (exact) mass is 331 g/mol. The van der Waals surface area contributed by atoms with Crippen LogP contribution in [0.1, 0.15) is 31.9 Å². The van der Waals surface area contributed by atoms with E-state index in [2.05, 4.69) is 41.7 Å². The van der Waals surface area contributed by atoms with Gasteiger partial charge in [0.25, 0.3) is 0 Å². The van der Waals surface area contributed by atoms with Crippen molar-refractivity contribution in [1.82, 2.24) is 5.32 Å². The van der Waals surface area contributed by atoms with E-state index in [9.17, 15) is 0 Å². The molecule has 0 aliphatic rings. The lowest BCUT2D eigenvalue weighted by molar-refractivity contribution is 0.352. The van der Waals surface area contributed by atoms with Crippen LogP contribution in [0.15, 0.2) is 29.3 Å². The molecule has 0 aromatic heterocycles. The van der Waals surface area contributed by atoms with Crippen molar-refractivity contribution in [3.63, 3.8) is 0 Å². The summed E-state index contributed by atoms with van der Waals surface area (Å²) in [6.07, 6.45) is 1.10. The summed E-state index contributed by atoms with van der Waals surface area (Å²) in [4.78, 5) is 0. The van der Waals surface area contributed by atoms with Gasteiger partial charge in [-0.15, -0.1) is 0 Å². The van der Waals surface area contributed by atoms with Crippen molar-refractivity contribution in [1.29, 1.82) is 0 Å². The molecule has 1 unspecified atom stereocenters. The van der Waals surface area contributed by atoms with Crippen LogP contribution in [0.3, 0.4) is 0 Å². The van der Waals surface area contributed by atoms with Crippen molar-refractivity contribution in [3.05, 3.63) is 39.8 Å². The molecule has 0 saturated heterocycles. The molecular weight excluding hydrogens is 314 g/mol. The molecule has 0 heterocycles. The van der Waals surface area contributed by atoms with Crippen LogP contribution >= 0.6 is 27.5 Å². The molecule has 0 saturated carbocycles. The van der Waals surface area contributed by atoms with Gasteiger partial charge in [-0.05, 0) is 38.1 Å². The summed E-state index contributed by atoms with van der Waals surface area (Å²) in [5, 5.41) is 4.15. The second kappa shape index (κ2) is 7.82. The summed E-state index contributed by atoms with van der Waals surface area (Å²) in [6, 6.07) is 5.89. The summed E-state index contributed by atoms with van der Waals surface area (Å²) in [6.45, 7) is 9.44. The van der Waals surface area contributed by atoms with Gasteiger partial charge in [0.15, 0.2) is 0 Å². The second-order valence-corrected chi connectivity index (χ2v) is 5.72. The molecule has 4 heteroatoms. The molecule has 0 fully saturated rings. The highest BCUT2D eigenvalue weighted by Crippen LogP contribution is 2.29. The zero-order valence-corrected chi connectivity index (χ0v) is 13.1. The van der Waals surface area contributed by atoms with Crippen molar-refractivity contribution >= 4 is 27.5 Å². The van der Waals surface area contributed by atoms with Crippen LogP contribution in [0.5, 0.6) is 5.75 Å². The SMILES string of the molecule is C=C(Br)COc1ccc(Cl)cc1C(C)NCCC. The normalized spacial score (nSPS) is 12.2. The average molecular weight is 333 g/mol. The minimum Gasteiger partial charge on any atom is -0.488 e. The molecule has 100 valence electrons. The molecule has 18 heavy (non-hydrogen) atoms. The highest BCUT2D eigenvalue weighted by atomic mass is 79.9. The molecule has 0 radical (unpaired) electrons. The minimum atomic E-state index is 0.210. The van der Waals surface area contributed by atoms with Gasteiger partial charge in [0.1, 0.15) is 12.4 Å². The van der Waals surface area contributed by atoms with E-state index < -0.39 is 0 Å². The van der Waals surface area contributed by atoms with Gasteiger partial charge in [-0.25, -0.2) is 0 Å². The van der Waals surface area contributed by atoms with Gasteiger partial charge in [-0.1, -0.05) is 41.0 Å². The fraction of sp³-hybridized carbons (Fsp3) is 0.429. The molecule has 1 N–H and O–H groups in total. The fourth-order valence-corrected chi connectivity index (χ4v) is 1.91. The van der Waals surface area contributed by atoms with Crippen molar-refractivity contribution in [2.75, 3.05) is 13.2 Å². The van der Waals surface area contributed by atoms with Crippen LogP contribution in [0.2, 0.25) is 5.02 Å². The molecular formula is C14H19BrClNO. The first kappa shape index (κ1) is 15.5. The number of halogens is 2. The predicted molar refractivity (Wildman–Crippen MR) is 81.7 cm³/mol. The lowest BCUT2D eigenvalue weighted by Crippen LogP contribution is -2.20. The quantitative estimate of drug-likeness (QED) is 0.782. The topological polar surface area (TPSA) is 21.3 Å². The Morgan fingerprint density at radius 2 is 2.28 bits per heavy atom. The number of rotatable bonds is 7. The molecule has 1 aromatic rings.